The number of carbonyl (C=O) groups excluding carboxylic acids is 1. The highest BCUT2D eigenvalue weighted by Crippen LogP contribution is 2.39. The maximum Gasteiger partial charge on any atom is 0.416 e. The van der Waals surface area contributed by atoms with Crippen molar-refractivity contribution in [2.75, 3.05) is 41.4 Å². The molecule has 3 aliphatic heterocycles. The van der Waals surface area contributed by atoms with Crippen LogP contribution in [0.4, 0.5) is 35.3 Å². The summed E-state index contributed by atoms with van der Waals surface area (Å²) in [6, 6.07) is 5.65. The first-order valence-electron chi connectivity index (χ1n) is 13.2. The number of nitrogens with zero attached hydrogens (tertiary/aromatic N) is 6. The summed E-state index contributed by atoms with van der Waals surface area (Å²) in [6.07, 6.45) is -0.327. The van der Waals surface area contributed by atoms with Crippen LogP contribution in [0.1, 0.15) is 32.3 Å². The van der Waals surface area contributed by atoms with E-state index in [9.17, 15) is 18.0 Å². The predicted molar refractivity (Wildman–Crippen MR) is 142 cm³/mol. The number of amides is 2. The monoisotopic (exact) mass is 571 g/mol. The van der Waals surface area contributed by atoms with Crippen LogP contribution < -0.4 is 19.9 Å². The van der Waals surface area contributed by atoms with E-state index in [1.807, 2.05) is 13.8 Å². The van der Waals surface area contributed by atoms with Gasteiger partial charge in [-0.15, -0.1) is 0 Å². The van der Waals surface area contributed by atoms with Crippen LogP contribution in [0.5, 0.6) is 5.88 Å². The first kappa shape index (κ1) is 27.1. The van der Waals surface area contributed by atoms with Crippen molar-refractivity contribution in [1.29, 1.82) is 0 Å². The minimum Gasteiger partial charge on any atom is -0.475 e. The van der Waals surface area contributed by atoms with E-state index in [0.717, 1.165) is 31.5 Å². The third-order valence-corrected chi connectivity index (χ3v) is 7.11. The molecule has 0 saturated carbocycles. The summed E-state index contributed by atoms with van der Waals surface area (Å²) in [6.45, 7) is 5.60. The molecule has 2 amide bonds. The lowest BCUT2D eigenvalue weighted by molar-refractivity contribution is -0.141. The molecule has 5 heterocycles. The van der Waals surface area contributed by atoms with E-state index in [1.54, 1.807) is 6.20 Å². The van der Waals surface area contributed by atoms with Crippen molar-refractivity contribution in [3.05, 3.63) is 48.4 Å². The maximum atomic E-state index is 13.7. The quantitative estimate of drug-likeness (QED) is 0.473. The lowest BCUT2D eigenvalue weighted by Gasteiger charge is -2.45. The Morgan fingerprint density at radius 3 is 2.85 bits per heavy atom. The number of alkyl halides is 3. The Morgan fingerprint density at radius 2 is 2.07 bits per heavy atom. The van der Waals surface area contributed by atoms with Gasteiger partial charge in [0.05, 0.1) is 30.1 Å². The second-order valence-electron chi connectivity index (χ2n) is 10.5. The molecule has 2 fully saturated rings. The normalized spacial score (nSPS) is 21.4. The zero-order valence-corrected chi connectivity index (χ0v) is 22.4. The number of hydrogen-bond acceptors (Lipinski definition) is 9. The number of fused-ring (bicyclic) bond motifs is 4. The number of aromatic nitrogens is 4. The second-order valence-corrected chi connectivity index (χ2v) is 10.5. The van der Waals surface area contributed by atoms with E-state index in [4.69, 9.17) is 14.2 Å². The molecule has 2 bridgehead atoms. The molecule has 14 heteroatoms. The van der Waals surface area contributed by atoms with Crippen LogP contribution in [0.15, 0.2) is 42.9 Å². The van der Waals surface area contributed by atoms with E-state index >= 15 is 0 Å². The van der Waals surface area contributed by atoms with Crippen molar-refractivity contribution < 1.29 is 32.2 Å². The Labute approximate surface area is 233 Å². The lowest BCUT2D eigenvalue weighted by Crippen LogP contribution is -2.56. The van der Waals surface area contributed by atoms with Crippen LogP contribution >= 0.6 is 0 Å². The summed E-state index contributed by atoms with van der Waals surface area (Å²) in [4.78, 5) is 34.5. The van der Waals surface area contributed by atoms with Gasteiger partial charge in [-0.1, -0.05) is 12.1 Å². The number of rotatable bonds is 5. The fourth-order valence-corrected chi connectivity index (χ4v) is 5.24. The molecule has 6 rings (SSSR count). The standard InChI is InChI=1S/C27H28F3N7O4/c1-26(2)40-14-19(41-26)13-39-22-10-21(32-15-33-22)34-25(38)37-18-7-4-8-36(12-18)20-11-31-23(35-24(20)37)16-5-3-6-17(9-16)27(28,29)30/h3,5-6,9-11,15,18-19H,4,7-8,12-14H2,1-2H3,(H,32,33,34,38)/t18-,19+/m0/s1. The molecule has 2 saturated heterocycles. The molecule has 2 atom stereocenters. The largest absolute Gasteiger partial charge is 0.475 e. The number of piperidine rings is 1. The Balaban J connectivity index is 1.24. The minimum atomic E-state index is -4.51. The highest BCUT2D eigenvalue weighted by atomic mass is 19.4. The molecule has 0 aliphatic carbocycles. The molecular weight excluding hydrogens is 543 g/mol. The van der Waals surface area contributed by atoms with Crippen LogP contribution in [0, 0.1) is 0 Å². The van der Waals surface area contributed by atoms with Gasteiger partial charge in [0, 0.05) is 24.7 Å². The number of nitrogens with one attached hydrogen (secondary N) is 1. The second kappa shape index (κ2) is 10.4. The Bertz CT molecular complexity index is 1450. The molecular formula is C27H28F3N7O4. The number of halogens is 3. The first-order chi connectivity index (χ1) is 19.6. The van der Waals surface area contributed by atoms with E-state index in [1.165, 1.54) is 29.4 Å². The van der Waals surface area contributed by atoms with Crippen molar-refractivity contribution in [2.24, 2.45) is 0 Å². The lowest BCUT2D eigenvalue weighted by atomic mass is 10.0. The molecule has 0 unspecified atom stereocenters. The average molecular weight is 572 g/mol. The number of ether oxygens (including phenoxy) is 3. The average Bonchev–Trinajstić information content (AvgIpc) is 3.30. The molecule has 216 valence electrons. The van der Waals surface area contributed by atoms with Crippen molar-refractivity contribution >= 4 is 23.4 Å². The van der Waals surface area contributed by atoms with Gasteiger partial charge in [0.2, 0.25) is 5.88 Å². The van der Waals surface area contributed by atoms with Crippen LogP contribution in [0.25, 0.3) is 11.4 Å². The molecule has 0 spiro atoms. The van der Waals surface area contributed by atoms with E-state index in [2.05, 4.69) is 30.2 Å². The predicted octanol–water partition coefficient (Wildman–Crippen LogP) is 4.50. The van der Waals surface area contributed by atoms with Gasteiger partial charge in [-0.05, 0) is 38.8 Å². The molecule has 3 aliphatic rings. The maximum absolute atomic E-state index is 13.7. The number of anilines is 3. The van der Waals surface area contributed by atoms with Crippen molar-refractivity contribution in [2.45, 2.75) is 50.8 Å². The minimum absolute atomic E-state index is 0.0906. The molecule has 1 N–H and O–H groups in total. The summed E-state index contributed by atoms with van der Waals surface area (Å²) < 4.78 is 57.0. The fraction of sp³-hybridized carbons (Fsp3) is 0.444. The van der Waals surface area contributed by atoms with E-state index in [0.29, 0.717) is 24.7 Å². The van der Waals surface area contributed by atoms with Gasteiger partial charge in [0.1, 0.15) is 24.9 Å². The zero-order valence-electron chi connectivity index (χ0n) is 22.4. The van der Waals surface area contributed by atoms with Gasteiger partial charge in [-0.3, -0.25) is 10.2 Å². The highest BCUT2D eigenvalue weighted by molar-refractivity contribution is 6.04. The van der Waals surface area contributed by atoms with Crippen LogP contribution in [0.3, 0.4) is 0 Å². The van der Waals surface area contributed by atoms with Crippen LogP contribution in [-0.4, -0.2) is 70.2 Å². The smallest absolute Gasteiger partial charge is 0.416 e. The topological polar surface area (TPSA) is 115 Å². The summed E-state index contributed by atoms with van der Waals surface area (Å²) in [7, 11) is 0. The number of benzene rings is 1. The van der Waals surface area contributed by atoms with Crippen molar-refractivity contribution in [3.8, 4) is 17.3 Å². The summed E-state index contributed by atoms with van der Waals surface area (Å²) in [5.41, 5.74) is 0.0376. The number of carbonyl (C=O) groups is 1. The van der Waals surface area contributed by atoms with Gasteiger partial charge in [0.25, 0.3) is 0 Å². The Morgan fingerprint density at radius 1 is 1.22 bits per heavy atom. The van der Waals surface area contributed by atoms with Crippen LogP contribution in [0.2, 0.25) is 0 Å². The van der Waals surface area contributed by atoms with Gasteiger partial charge in [-0.2, -0.15) is 13.2 Å². The fourth-order valence-electron chi connectivity index (χ4n) is 5.24. The van der Waals surface area contributed by atoms with Gasteiger partial charge >= 0.3 is 12.2 Å². The summed E-state index contributed by atoms with van der Waals surface area (Å²) >= 11 is 0. The molecule has 0 radical (unpaired) electrons. The van der Waals surface area contributed by atoms with Crippen LogP contribution in [-0.2, 0) is 15.7 Å². The molecule has 3 aromatic rings. The van der Waals surface area contributed by atoms with Crippen molar-refractivity contribution in [3.63, 3.8) is 0 Å². The molecule has 11 nitrogen and oxygen atoms in total. The first-order valence-corrected chi connectivity index (χ1v) is 13.2. The summed E-state index contributed by atoms with van der Waals surface area (Å²) in [5, 5.41) is 2.80. The number of hydrogen-bond donors (Lipinski definition) is 1. The third kappa shape index (κ3) is 5.75. The van der Waals surface area contributed by atoms with Gasteiger partial charge in [-0.25, -0.2) is 24.7 Å². The SMILES string of the molecule is CC1(C)OC[C@@H](COc2cc(NC(=O)N3c4nc(-c5cccc(C(F)(F)F)c5)ncc4N4CCC[C@H]3C4)ncn2)O1. The highest BCUT2D eigenvalue weighted by Gasteiger charge is 2.39. The van der Waals surface area contributed by atoms with Gasteiger partial charge < -0.3 is 19.1 Å². The third-order valence-electron chi connectivity index (χ3n) is 7.11. The Kier molecular flexibility index (Phi) is 6.90. The summed E-state index contributed by atoms with van der Waals surface area (Å²) in [5.74, 6) is 0.208. The molecule has 1 aromatic carbocycles. The molecule has 2 aromatic heterocycles. The van der Waals surface area contributed by atoms with E-state index in [-0.39, 0.29) is 41.8 Å². The van der Waals surface area contributed by atoms with Crippen molar-refractivity contribution in [1.82, 2.24) is 19.9 Å². The van der Waals surface area contributed by atoms with Gasteiger partial charge in [0.15, 0.2) is 17.4 Å². The number of urea groups is 1. The van der Waals surface area contributed by atoms with E-state index < -0.39 is 23.6 Å². The molecule has 41 heavy (non-hydrogen) atoms. The Hall–Kier alpha value is -4.04. The zero-order chi connectivity index (χ0) is 28.8.